The summed E-state index contributed by atoms with van der Waals surface area (Å²) in [5.41, 5.74) is 8.85. The van der Waals surface area contributed by atoms with E-state index in [2.05, 4.69) is 20.6 Å². The van der Waals surface area contributed by atoms with E-state index in [4.69, 9.17) is 10.5 Å². The third-order valence-corrected chi connectivity index (χ3v) is 3.70. The van der Waals surface area contributed by atoms with Crippen LogP contribution in [0.15, 0.2) is 35.3 Å². The van der Waals surface area contributed by atoms with E-state index in [0.717, 1.165) is 11.3 Å². The number of fused-ring (bicyclic) bond motifs is 1. The van der Waals surface area contributed by atoms with Crippen molar-refractivity contribution in [2.24, 2.45) is 4.99 Å². The van der Waals surface area contributed by atoms with Crippen LogP contribution >= 0.6 is 0 Å². The van der Waals surface area contributed by atoms with Crippen molar-refractivity contribution in [2.75, 3.05) is 23.0 Å². The largest absolute Gasteiger partial charge is 0.508 e. The number of benzene rings is 1. The fourth-order valence-electron chi connectivity index (χ4n) is 2.59. The highest BCUT2D eigenvalue weighted by atomic mass is 16.5. The minimum Gasteiger partial charge on any atom is -0.508 e. The van der Waals surface area contributed by atoms with Crippen molar-refractivity contribution < 1.29 is 14.6 Å². The second kappa shape index (κ2) is 6.68. The Balaban J connectivity index is 1.95. The first-order valence-electron chi connectivity index (χ1n) is 7.86. The van der Waals surface area contributed by atoms with Gasteiger partial charge >= 0.3 is 6.09 Å². The lowest BCUT2D eigenvalue weighted by atomic mass is 10.0. The molecule has 1 aromatic heterocycles. The summed E-state index contributed by atoms with van der Waals surface area (Å²) < 4.78 is 4.84. The molecule has 0 radical (unpaired) electrons. The third-order valence-electron chi connectivity index (χ3n) is 3.70. The maximum Gasteiger partial charge on any atom is 0.412 e. The van der Waals surface area contributed by atoms with Crippen molar-refractivity contribution in [3.8, 4) is 5.75 Å². The highest BCUT2D eigenvalue weighted by Crippen LogP contribution is 2.37. The molecule has 2 aromatic rings. The van der Waals surface area contributed by atoms with Gasteiger partial charge in [0.15, 0.2) is 5.82 Å². The molecule has 1 aliphatic heterocycles. The molecule has 3 rings (SSSR count). The molecular formula is C17H19N5O3. The van der Waals surface area contributed by atoms with Crippen LogP contribution in [0.2, 0.25) is 0 Å². The smallest absolute Gasteiger partial charge is 0.412 e. The lowest BCUT2D eigenvalue weighted by molar-refractivity contribution is 0.168. The van der Waals surface area contributed by atoms with Crippen LogP contribution in [-0.2, 0) is 4.74 Å². The van der Waals surface area contributed by atoms with Crippen molar-refractivity contribution in [1.29, 1.82) is 0 Å². The maximum atomic E-state index is 11.5. The van der Waals surface area contributed by atoms with Crippen molar-refractivity contribution in [2.45, 2.75) is 19.9 Å². The maximum absolute atomic E-state index is 11.5. The fraction of sp³-hybridized carbons (Fsp3) is 0.235. The molecule has 1 aromatic carbocycles. The van der Waals surface area contributed by atoms with Crippen LogP contribution in [0.4, 0.5) is 27.8 Å². The minimum absolute atomic E-state index is 0.0886. The van der Waals surface area contributed by atoms with Crippen LogP contribution in [0.25, 0.3) is 0 Å². The highest BCUT2D eigenvalue weighted by Gasteiger charge is 2.23. The SMILES string of the molecule is CCOC(=O)Nc1cc2c(c(N)n1)N=C(c1ccc(O)cc1)[C@H](C)N2. The molecule has 1 atom stereocenters. The fourth-order valence-corrected chi connectivity index (χ4v) is 2.59. The number of nitrogens with zero attached hydrogens (tertiary/aromatic N) is 2. The van der Waals surface area contributed by atoms with E-state index in [0.29, 0.717) is 11.4 Å². The number of rotatable bonds is 3. The number of amides is 1. The number of hydrogen-bond acceptors (Lipinski definition) is 7. The summed E-state index contributed by atoms with van der Waals surface area (Å²) in [4.78, 5) is 20.3. The van der Waals surface area contributed by atoms with E-state index in [1.807, 2.05) is 6.92 Å². The number of aliphatic imine (C=N–C) groups is 1. The molecule has 8 heteroatoms. The monoisotopic (exact) mass is 341 g/mol. The van der Waals surface area contributed by atoms with Gasteiger partial charge in [0.25, 0.3) is 0 Å². The summed E-state index contributed by atoms with van der Waals surface area (Å²) in [5.74, 6) is 0.676. The van der Waals surface area contributed by atoms with Gasteiger partial charge in [0.1, 0.15) is 17.3 Å². The van der Waals surface area contributed by atoms with Crippen molar-refractivity contribution in [1.82, 2.24) is 4.98 Å². The summed E-state index contributed by atoms with van der Waals surface area (Å²) in [5, 5.41) is 15.3. The zero-order valence-electron chi connectivity index (χ0n) is 13.9. The number of aromatic nitrogens is 1. The van der Waals surface area contributed by atoms with Gasteiger partial charge < -0.3 is 20.9 Å². The predicted octanol–water partition coefficient (Wildman–Crippen LogP) is 2.87. The van der Waals surface area contributed by atoms with Crippen molar-refractivity contribution in [3.63, 3.8) is 0 Å². The Labute approximate surface area is 144 Å². The van der Waals surface area contributed by atoms with Gasteiger partial charge in [-0.1, -0.05) is 0 Å². The lowest BCUT2D eigenvalue weighted by Crippen LogP contribution is -2.30. The second-order valence-electron chi connectivity index (χ2n) is 5.54. The number of carbonyl (C=O) groups is 1. The van der Waals surface area contributed by atoms with Gasteiger partial charge in [0.2, 0.25) is 0 Å². The quantitative estimate of drug-likeness (QED) is 0.681. The van der Waals surface area contributed by atoms with Crippen LogP contribution in [0.3, 0.4) is 0 Å². The van der Waals surface area contributed by atoms with Gasteiger partial charge in [-0.15, -0.1) is 0 Å². The first-order chi connectivity index (χ1) is 12.0. The van der Waals surface area contributed by atoms with Gasteiger partial charge in [-0.05, 0) is 43.7 Å². The highest BCUT2D eigenvalue weighted by molar-refractivity contribution is 6.10. The summed E-state index contributed by atoms with van der Waals surface area (Å²) in [6, 6.07) is 8.36. The number of nitrogens with one attached hydrogen (secondary N) is 2. The molecule has 0 unspecified atom stereocenters. The van der Waals surface area contributed by atoms with Gasteiger partial charge in [-0.3, -0.25) is 5.32 Å². The molecule has 0 spiro atoms. The number of hydrogen-bond donors (Lipinski definition) is 4. The van der Waals surface area contributed by atoms with E-state index in [1.165, 1.54) is 0 Å². The first-order valence-corrected chi connectivity index (χ1v) is 7.86. The zero-order chi connectivity index (χ0) is 18.0. The van der Waals surface area contributed by atoms with Crippen LogP contribution in [0.5, 0.6) is 5.75 Å². The molecule has 0 bridgehead atoms. The van der Waals surface area contributed by atoms with E-state index in [-0.39, 0.29) is 30.0 Å². The molecule has 8 nitrogen and oxygen atoms in total. The Bertz CT molecular complexity index is 833. The van der Waals surface area contributed by atoms with Crippen LogP contribution in [0, 0.1) is 0 Å². The average Bonchev–Trinajstić information content (AvgIpc) is 2.55. The zero-order valence-corrected chi connectivity index (χ0v) is 13.9. The van der Waals surface area contributed by atoms with E-state index < -0.39 is 6.09 Å². The number of nitrogens with two attached hydrogens (primary N) is 1. The molecule has 1 amide bonds. The normalized spacial score (nSPS) is 15.6. The topological polar surface area (TPSA) is 122 Å². The molecule has 25 heavy (non-hydrogen) atoms. The number of aromatic hydroxyl groups is 1. The van der Waals surface area contributed by atoms with Gasteiger partial charge in [0.05, 0.1) is 24.0 Å². The van der Waals surface area contributed by atoms with Crippen molar-refractivity contribution in [3.05, 3.63) is 35.9 Å². The molecule has 130 valence electrons. The lowest BCUT2D eigenvalue weighted by Gasteiger charge is -2.25. The van der Waals surface area contributed by atoms with Gasteiger partial charge in [0, 0.05) is 6.07 Å². The summed E-state index contributed by atoms with van der Waals surface area (Å²) >= 11 is 0. The Hall–Kier alpha value is -3.29. The van der Waals surface area contributed by atoms with E-state index in [1.54, 1.807) is 37.3 Å². The van der Waals surface area contributed by atoms with Gasteiger partial charge in [-0.2, -0.15) is 0 Å². The van der Waals surface area contributed by atoms with Crippen LogP contribution < -0.4 is 16.4 Å². The molecule has 1 aliphatic rings. The number of pyridine rings is 1. The number of nitrogen functional groups attached to an aromatic ring is 1. The average molecular weight is 341 g/mol. The first kappa shape index (κ1) is 16.6. The molecule has 0 saturated carbocycles. The molecular weight excluding hydrogens is 322 g/mol. The molecule has 2 heterocycles. The number of anilines is 3. The number of phenolic OH excluding ortho intramolecular Hbond substituents is 1. The summed E-state index contributed by atoms with van der Waals surface area (Å²) in [6.45, 7) is 3.95. The third kappa shape index (κ3) is 3.47. The Morgan fingerprint density at radius 3 is 2.80 bits per heavy atom. The predicted molar refractivity (Wildman–Crippen MR) is 96.7 cm³/mol. The minimum atomic E-state index is -0.591. The number of ether oxygens (including phenoxy) is 1. The second-order valence-corrected chi connectivity index (χ2v) is 5.54. The number of carbonyl (C=O) groups excluding carboxylic acids is 1. The van der Waals surface area contributed by atoms with Crippen molar-refractivity contribution >= 4 is 34.8 Å². The molecule has 5 N–H and O–H groups in total. The Morgan fingerprint density at radius 2 is 2.12 bits per heavy atom. The Morgan fingerprint density at radius 1 is 1.40 bits per heavy atom. The van der Waals surface area contributed by atoms with Crippen LogP contribution in [-0.4, -0.2) is 34.5 Å². The summed E-state index contributed by atoms with van der Waals surface area (Å²) in [7, 11) is 0. The summed E-state index contributed by atoms with van der Waals surface area (Å²) in [6.07, 6.45) is -0.591. The molecule has 0 aliphatic carbocycles. The van der Waals surface area contributed by atoms with E-state index in [9.17, 15) is 9.90 Å². The molecule has 0 fully saturated rings. The van der Waals surface area contributed by atoms with Gasteiger partial charge in [-0.25, -0.2) is 14.8 Å². The van der Waals surface area contributed by atoms with Crippen LogP contribution in [0.1, 0.15) is 19.4 Å². The standard InChI is InChI=1S/C17H19N5O3/c1-3-25-17(24)21-13-8-12-15(16(18)20-13)22-14(9(2)19-12)10-4-6-11(23)7-5-10/h4-9,19,23H,3H2,1-2H3,(H3,18,20,21,24)/t9-/m0/s1. The number of phenols is 1. The Kier molecular flexibility index (Phi) is 4.42. The molecule has 0 saturated heterocycles. The van der Waals surface area contributed by atoms with E-state index >= 15 is 0 Å².